The topological polar surface area (TPSA) is 132 Å². The van der Waals surface area contributed by atoms with Crippen LogP contribution in [0.15, 0.2) is 31.1 Å². The van der Waals surface area contributed by atoms with E-state index in [1.165, 1.54) is 23.5 Å². The highest BCUT2D eigenvalue weighted by atomic mass is 15.4. The Balaban J connectivity index is 2.12. The van der Waals surface area contributed by atoms with E-state index in [1.54, 1.807) is 12.3 Å². The number of nitrogens with two attached hydrogens (primary N) is 1. The van der Waals surface area contributed by atoms with Crippen molar-refractivity contribution in [3.8, 4) is 23.4 Å². The molecule has 2 N–H and O–H groups in total. The first-order chi connectivity index (χ1) is 9.76. The van der Waals surface area contributed by atoms with Gasteiger partial charge in [0.1, 0.15) is 18.7 Å². The average molecular weight is 265 g/mol. The molecule has 0 aliphatic carbocycles. The Kier molecular flexibility index (Phi) is 2.74. The first kappa shape index (κ1) is 11.7. The maximum Gasteiger partial charge on any atom is 0.257 e. The van der Waals surface area contributed by atoms with E-state index >= 15 is 0 Å². The fraction of sp³-hybridized carbons (Fsp3) is 0. The quantitative estimate of drug-likeness (QED) is 0.682. The zero-order chi connectivity index (χ0) is 13.9. The number of aromatic nitrogens is 7. The molecule has 3 heterocycles. The Morgan fingerprint density at radius 1 is 1.15 bits per heavy atom. The molecule has 20 heavy (non-hydrogen) atoms. The number of nitrogen functional groups attached to an aromatic ring is 1. The van der Waals surface area contributed by atoms with Crippen LogP contribution >= 0.6 is 0 Å². The van der Waals surface area contributed by atoms with Gasteiger partial charge < -0.3 is 5.73 Å². The lowest BCUT2D eigenvalue weighted by molar-refractivity contribution is 0.799. The van der Waals surface area contributed by atoms with Crippen LogP contribution in [0.2, 0.25) is 0 Å². The minimum atomic E-state index is 0.0443. The van der Waals surface area contributed by atoms with Gasteiger partial charge in [0.15, 0.2) is 5.82 Å². The monoisotopic (exact) mass is 265 g/mol. The van der Waals surface area contributed by atoms with E-state index in [0.717, 1.165) is 0 Å². The summed E-state index contributed by atoms with van der Waals surface area (Å²) in [5.41, 5.74) is 6.64. The minimum absolute atomic E-state index is 0.0443. The van der Waals surface area contributed by atoms with Gasteiger partial charge in [-0.15, -0.1) is 0 Å². The molecule has 0 saturated carbocycles. The molecule has 0 atom stereocenters. The summed E-state index contributed by atoms with van der Waals surface area (Å²) in [6.45, 7) is 0. The van der Waals surface area contributed by atoms with E-state index in [-0.39, 0.29) is 11.9 Å². The Morgan fingerprint density at radius 2 is 2.05 bits per heavy atom. The molecule has 9 heteroatoms. The summed E-state index contributed by atoms with van der Waals surface area (Å²) in [6, 6.07) is 3.62. The van der Waals surface area contributed by atoms with E-state index in [4.69, 9.17) is 11.0 Å². The van der Waals surface area contributed by atoms with Crippen LogP contribution < -0.4 is 5.73 Å². The van der Waals surface area contributed by atoms with Gasteiger partial charge in [-0.3, -0.25) is 4.98 Å². The van der Waals surface area contributed by atoms with Crippen molar-refractivity contribution in [2.75, 3.05) is 5.73 Å². The van der Waals surface area contributed by atoms with Crippen LogP contribution in [0.3, 0.4) is 0 Å². The van der Waals surface area contributed by atoms with Gasteiger partial charge in [-0.25, -0.2) is 4.98 Å². The predicted molar refractivity (Wildman–Crippen MR) is 67.1 cm³/mol. The number of nitriles is 1. The first-order valence-electron chi connectivity index (χ1n) is 5.48. The smallest absolute Gasteiger partial charge is 0.257 e. The number of rotatable bonds is 2. The molecule has 0 fully saturated rings. The highest BCUT2D eigenvalue weighted by molar-refractivity contribution is 5.57. The zero-order valence-corrected chi connectivity index (χ0v) is 10.0. The summed E-state index contributed by atoms with van der Waals surface area (Å²) in [5.74, 6) is 0.600. The molecule has 0 amide bonds. The number of anilines is 1. The van der Waals surface area contributed by atoms with Crippen molar-refractivity contribution in [3.05, 3.63) is 36.7 Å². The van der Waals surface area contributed by atoms with Gasteiger partial charge in [0.25, 0.3) is 5.95 Å². The lowest BCUT2D eigenvalue weighted by Gasteiger charge is -2.04. The molecule has 0 radical (unpaired) electrons. The molecule has 0 bridgehead atoms. The van der Waals surface area contributed by atoms with Crippen molar-refractivity contribution in [1.29, 1.82) is 5.26 Å². The van der Waals surface area contributed by atoms with Crippen LogP contribution in [0.4, 0.5) is 5.95 Å². The van der Waals surface area contributed by atoms with E-state index in [2.05, 4.69) is 30.0 Å². The van der Waals surface area contributed by atoms with Crippen molar-refractivity contribution in [2.24, 2.45) is 0 Å². The predicted octanol–water partition coefficient (Wildman–Crippen LogP) is -0.0318. The highest BCUT2D eigenvalue weighted by Gasteiger charge is 2.09. The van der Waals surface area contributed by atoms with Gasteiger partial charge in [0, 0.05) is 18.0 Å². The van der Waals surface area contributed by atoms with Crippen molar-refractivity contribution in [2.45, 2.75) is 0 Å². The molecular formula is C11H7N9. The summed E-state index contributed by atoms with van der Waals surface area (Å²) in [5, 5.41) is 12.8. The standard InChI is InChI=1S/C11H7N9/c12-2-7-1-8(4-14-3-7)9-17-10(13)19-11(18-9)20-6-15-5-16-20/h1,3-6H,(H2,13,17,18,19). The molecule has 3 aromatic rings. The molecule has 0 unspecified atom stereocenters. The third-order valence-electron chi connectivity index (χ3n) is 2.39. The maximum absolute atomic E-state index is 8.88. The van der Waals surface area contributed by atoms with E-state index < -0.39 is 0 Å². The lowest BCUT2D eigenvalue weighted by Crippen LogP contribution is -2.08. The molecule has 9 nitrogen and oxygen atoms in total. The first-order valence-corrected chi connectivity index (χ1v) is 5.48. The zero-order valence-electron chi connectivity index (χ0n) is 10.0. The highest BCUT2D eigenvalue weighted by Crippen LogP contribution is 2.16. The van der Waals surface area contributed by atoms with Crippen molar-refractivity contribution in [1.82, 2.24) is 34.7 Å². The van der Waals surface area contributed by atoms with E-state index in [1.807, 2.05) is 6.07 Å². The molecule has 0 aliphatic heterocycles. The van der Waals surface area contributed by atoms with Crippen molar-refractivity contribution >= 4 is 5.95 Å². The van der Waals surface area contributed by atoms with Gasteiger partial charge in [0.05, 0.1) is 5.56 Å². The third kappa shape index (κ3) is 2.13. The number of hydrogen-bond acceptors (Lipinski definition) is 8. The second-order valence-corrected chi connectivity index (χ2v) is 3.73. The molecule has 0 spiro atoms. The fourth-order valence-corrected chi connectivity index (χ4v) is 1.55. The lowest BCUT2D eigenvalue weighted by atomic mass is 10.2. The molecule has 96 valence electrons. The third-order valence-corrected chi connectivity index (χ3v) is 2.39. The van der Waals surface area contributed by atoms with Gasteiger partial charge in [-0.05, 0) is 6.07 Å². The molecule has 0 aliphatic rings. The molecule has 3 aromatic heterocycles. The van der Waals surface area contributed by atoms with Crippen LogP contribution in [0.1, 0.15) is 5.56 Å². The van der Waals surface area contributed by atoms with Gasteiger partial charge in [-0.2, -0.15) is 30.0 Å². The second-order valence-electron chi connectivity index (χ2n) is 3.73. The SMILES string of the molecule is N#Cc1cncc(-c2nc(N)nc(-n3cncn3)n2)c1. The summed E-state index contributed by atoms with van der Waals surface area (Å²) in [6.07, 6.45) is 5.80. The van der Waals surface area contributed by atoms with Crippen LogP contribution in [0.5, 0.6) is 0 Å². The molecule has 0 saturated heterocycles. The Labute approximate surface area is 112 Å². The maximum atomic E-state index is 8.88. The van der Waals surface area contributed by atoms with Crippen molar-refractivity contribution in [3.63, 3.8) is 0 Å². The minimum Gasteiger partial charge on any atom is -0.368 e. The summed E-state index contributed by atoms with van der Waals surface area (Å²) >= 11 is 0. The van der Waals surface area contributed by atoms with Gasteiger partial charge in [-0.1, -0.05) is 0 Å². The molecular weight excluding hydrogens is 258 g/mol. The van der Waals surface area contributed by atoms with Crippen LogP contribution in [0.25, 0.3) is 17.3 Å². The summed E-state index contributed by atoms with van der Waals surface area (Å²) in [4.78, 5) is 20.0. The van der Waals surface area contributed by atoms with Crippen LogP contribution in [-0.2, 0) is 0 Å². The number of pyridine rings is 1. The van der Waals surface area contributed by atoms with E-state index in [0.29, 0.717) is 17.0 Å². The Bertz CT molecular complexity index is 788. The normalized spacial score (nSPS) is 10.2. The number of nitrogens with zero attached hydrogens (tertiary/aromatic N) is 8. The van der Waals surface area contributed by atoms with Gasteiger partial charge in [0.2, 0.25) is 5.95 Å². The molecule has 3 rings (SSSR count). The summed E-state index contributed by atoms with van der Waals surface area (Å²) < 4.78 is 1.36. The average Bonchev–Trinajstić information content (AvgIpc) is 3.01. The summed E-state index contributed by atoms with van der Waals surface area (Å²) in [7, 11) is 0. The Morgan fingerprint density at radius 3 is 2.80 bits per heavy atom. The van der Waals surface area contributed by atoms with Crippen LogP contribution in [-0.4, -0.2) is 34.7 Å². The van der Waals surface area contributed by atoms with Gasteiger partial charge >= 0.3 is 0 Å². The van der Waals surface area contributed by atoms with Crippen LogP contribution in [0, 0.1) is 11.3 Å². The largest absolute Gasteiger partial charge is 0.368 e. The molecule has 0 aromatic carbocycles. The number of hydrogen-bond donors (Lipinski definition) is 1. The Hall–Kier alpha value is -3.41. The van der Waals surface area contributed by atoms with E-state index in [9.17, 15) is 0 Å². The van der Waals surface area contributed by atoms with Crippen molar-refractivity contribution < 1.29 is 0 Å². The fourth-order valence-electron chi connectivity index (χ4n) is 1.55. The second kappa shape index (κ2) is 4.69.